The Morgan fingerprint density at radius 2 is 1.67 bits per heavy atom. The first-order valence-corrected chi connectivity index (χ1v) is 6.63. The van der Waals surface area contributed by atoms with E-state index in [1.54, 1.807) is 0 Å². The highest BCUT2D eigenvalue weighted by molar-refractivity contribution is 7.45. The molecule has 0 radical (unpaired) electrons. The van der Waals surface area contributed by atoms with Crippen LogP contribution >= 0.6 is 7.80 Å². The molecule has 0 spiro atoms. The molecule has 0 fully saturated rings. The molecule has 2 heteroatoms. The van der Waals surface area contributed by atoms with E-state index < -0.39 is 7.80 Å². The van der Waals surface area contributed by atoms with Gasteiger partial charge in [-0.25, -0.2) is 0 Å². The van der Waals surface area contributed by atoms with Crippen LogP contribution in [0, 0.1) is 0 Å². The van der Waals surface area contributed by atoms with Gasteiger partial charge in [0.15, 0.2) is 0 Å². The zero-order valence-electron chi connectivity index (χ0n) is 8.68. The van der Waals surface area contributed by atoms with Crippen molar-refractivity contribution < 1.29 is 4.57 Å². The van der Waals surface area contributed by atoms with Gasteiger partial charge in [-0.05, 0) is 26.7 Å². The maximum atomic E-state index is 11.3. The second-order valence-electron chi connectivity index (χ2n) is 3.65. The summed E-state index contributed by atoms with van der Waals surface area (Å²) in [5.41, 5.74) is 0.381. The van der Waals surface area contributed by atoms with Crippen molar-refractivity contribution >= 4 is 7.80 Å². The molecule has 0 aliphatic carbocycles. The van der Waals surface area contributed by atoms with E-state index >= 15 is 0 Å². The summed E-state index contributed by atoms with van der Waals surface area (Å²) in [5.74, 6) is 0. The lowest BCUT2D eigenvalue weighted by Gasteiger charge is -1.95. The largest absolute Gasteiger partial charge is 0.341 e. The Morgan fingerprint density at radius 3 is 2.17 bits per heavy atom. The van der Waals surface area contributed by atoms with E-state index in [9.17, 15) is 4.57 Å². The second kappa shape index (κ2) is 7.73. The van der Waals surface area contributed by atoms with Gasteiger partial charge in [0.1, 0.15) is 11.8 Å². The molecule has 0 aromatic rings. The van der Waals surface area contributed by atoms with E-state index in [2.05, 4.69) is 6.92 Å². The van der Waals surface area contributed by atoms with Gasteiger partial charge in [0.05, 0.1) is 0 Å². The predicted octanol–water partition coefficient (Wildman–Crippen LogP) is 4.19. The van der Waals surface area contributed by atoms with Gasteiger partial charge in [0.2, 0.25) is 0 Å². The summed E-state index contributed by atoms with van der Waals surface area (Å²) in [6.07, 6.45) is 7.30. The average Bonchev–Trinajstić information content (AvgIpc) is 2.03. The van der Waals surface area contributed by atoms with E-state index in [1.807, 2.05) is 13.8 Å². The van der Waals surface area contributed by atoms with Gasteiger partial charge >= 0.3 is 7.80 Å². The lowest BCUT2D eigenvalue weighted by molar-refractivity contribution is 0.577. The topological polar surface area (TPSA) is 17.1 Å². The number of hydrogen-bond acceptors (Lipinski definition) is 1. The van der Waals surface area contributed by atoms with Crippen LogP contribution in [0.2, 0.25) is 0 Å². The third-order valence-corrected chi connectivity index (χ3v) is 3.97. The Balaban J connectivity index is 3.14. The van der Waals surface area contributed by atoms with Crippen LogP contribution in [0.4, 0.5) is 0 Å². The van der Waals surface area contributed by atoms with Crippen molar-refractivity contribution in [3.05, 3.63) is 0 Å². The van der Waals surface area contributed by atoms with Crippen molar-refractivity contribution in [3.8, 4) is 0 Å². The highest BCUT2D eigenvalue weighted by atomic mass is 31.1. The van der Waals surface area contributed by atoms with E-state index in [1.165, 1.54) is 25.7 Å². The molecular formula is C10H22OP+. The van der Waals surface area contributed by atoms with Gasteiger partial charge in [-0.3, -0.25) is 0 Å². The fourth-order valence-electron chi connectivity index (χ4n) is 1.13. The van der Waals surface area contributed by atoms with E-state index in [0.29, 0.717) is 5.66 Å². The average molecular weight is 189 g/mol. The summed E-state index contributed by atoms with van der Waals surface area (Å²) in [6.45, 7) is 6.31. The summed E-state index contributed by atoms with van der Waals surface area (Å²) in [4.78, 5) is 0. The summed E-state index contributed by atoms with van der Waals surface area (Å²) in [7, 11) is -0.910. The van der Waals surface area contributed by atoms with Crippen molar-refractivity contribution in [2.75, 3.05) is 6.16 Å². The molecule has 0 saturated carbocycles. The smallest absolute Gasteiger partial charge is 0.0745 e. The molecule has 0 bridgehead atoms. The summed E-state index contributed by atoms with van der Waals surface area (Å²) >= 11 is 0. The molecule has 0 aromatic carbocycles. The molecule has 72 valence electrons. The minimum atomic E-state index is -0.910. The third-order valence-electron chi connectivity index (χ3n) is 2.06. The van der Waals surface area contributed by atoms with Crippen molar-refractivity contribution in [1.82, 2.24) is 0 Å². The Hall–Kier alpha value is 0.100. The van der Waals surface area contributed by atoms with Crippen LogP contribution < -0.4 is 0 Å². The minimum Gasteiger partial charge on any atom is -0.0745 e. The molecule has 1 nitrogen and oxygen atoms in total. The van der Waals surface area contributed by atoms with Gasteiger partial charge in [-0.1, -0.05) is 30.8 Å². The maximum Gasteiger partial charge on any atom is 0.341 e. The summed E-state index contributed by atoms with van der Waals surface area (Å²) in [5, 5.41) is 0. The molecule has 12 heavy (non-hydrogen) atoms. The van der Waals surface area contributed by atoms with Crippen molar-refractivity contribution in [1.29, 1.82) is 0 Å². The van der Waals surface area contributed by atoms with Gasteiger partial charge in [-0.15, -0.1) is 0 Å². The first-order chi connectivity index (χ1) is 5.68. The van der Waals surface area contributed by atoms with Crippen molar-refractivity contribution in [3.63, 3.8) is 0 Å². The number of unbranched alkanes of at least 4 members (excludes halogenated alkanes) is 4. The number of rotatable bonds is 7. The maximum absolute atomic E-state index is 11.3. The van der Waals surface area contributed by atoms with Crippen LogP contribution in [0.3, 0.4) is 0 Å². The first kappa shape index (κ1) is 12.1. The van der Waals surface area contributed by atoms with Gasteiger partial charge in [0, 0.05) is 0 Å². The van der Waals surface area contributed by atoms with Crippen LogP contribution in [0.15, 0.2) is 0 Å². The van der Waals surface area contributed by atoms with Crippen molar-refractivity contribution in [2.24, 2.45) is 0 Å². The molecule has 0 heterocycles. The molecule has 1 atom stereocenters. The lowest BCUT2D eigenvalue weighted by atomic mass is 10.2. The SMILES string of the molecule is CCCCCCC[P+](=O)C(C)C. The van der Waals surface area contributed by atoms with Crippen LogP contribution in [0.1, 0.15) is 52.9 Å². The van der Waals surface area contributed by atoms with Gasteiger partial charge in [-0.2, -0.15) is 0 Å². The van der Waals surface area contributed by atoms with Crippen LogP contribution in [-0.4, -0.2) is 11.8 Å². The Bertz CT molecular complexity index is 121. The molecule has 0 aromatic heterocycles. The van der Waals surface area contributed by atoms with E-state index in [-0.39, 0.29) is 0 Å². The lowest BCUT2D eigenvalue weighted by Crippen LogP contribution is -1.90. The van der Waals surface area contributed by atoms with E-state index in [4.69, 9.17) is 0 Å². The molecule has 0 saturated heterocycles. The zero-order valence-corrected chi connectivity index (χ0v) is 9.57. The summed E-state index contributed by atoms with van der Waals surface area (Å²) in [6, 6.07) is 0. The van der Waals surface area contributed by atoms with Crippen LogP contribution in [0.25, 0.3) is 0 Å². The molecule has 0 rings (SSSR count). The second-order valence-corrected chi connectivity index (χ2v) is 5.96. The fraction of sp³-hybridized carbons (Fsp3) is 1.00. The highest BCUT2D eigenvalue weighted by Crippen LogP contribution is 2.28. The Labute approximate surface area is 77.7 Å². The highest BCUT2D eigenvalue weighted by Gasteiger charge is 2.18. The monoisotopic (exact) mass is 189 g/mol. The third kappa shape index (κ3) is 6.79. The summed E-state index contributed by atoms with van der Waals surface area (Å²) < 4.78 is 11.3. The molecule has 0 N–H and O–H groups in total. The Morgan fingerprint density at radius 1 is 1.08 bits per heavy atom. The molecule has 1 unspecified atom stereocenters. The first-order valence-electron chi connectivity index (χ1n) is 5.12. The van der Waals surface area contributed by atoms with Crippen molar-refractivity contribution in [2.45, 2.75) is 58.5 Å². The van der Waals surface area contributed by atoms with Crippen LogP contribution in [0.5, 0.6) is 0 Å². The Kier molecular flexibility index (Phi) is 7.80. The quantitative estimate of drug-likeness (QED) is 0.433. The standard InChI is InChI=1S/C10H22OP/c1-4-5-6-7-8-9-12(11)10(2)3/h10H,4-9H2,1-3H3/q+1. The zero-order chi connectivity index (χ0) is 9.40. The molecule has 0 aliphatic rings. The number of hydrogen-bond donors (Lipinski definition) is 0. The molecule has 0 amide bonds. The van der Waals surface area contributed by atoms with Gasteiger partial charge in [0.25, 0.3) is 0 Å². The van der Waals surface area contributed by atoms with Gasteiger partial charge < -0.3 is 0 Å². The molecule has 0 aliphatic heterocycles. The fourth-order valence-corrected chi connectivity index (χ4v) is 2.18. The predicted molar refractivity (Wildman–Crippen MR) is 56.4 cm³/mol. The van der Waals surface area contributed by atoms with Crippen LogP contribution in [-0.2, 0) is 4.57 Å². The molecular weight excluding hydrogens is 167 g/mol. The minimum absolute atomic E-state index is 0.381. The van der Waals surface area contributed by atoms with E-state index in [0.717, 1.165) is 12.6 Å². The normalized spacial score (nSPS) is 12.2.